The number of nitrogens with one attached hydrogen (secondary N) is 1. The van der Waals surface area contributed by atoms with E-state index >= 15 is 0 Å². The summed E-state index contributed by atoms with van der Waals surface area (Å²) in [5.74, 6) is 2.12. The zero-order valence-corrected chi connectivity index (χ0v) is 17.5. The van der Waals surface area contributed by atoms with Crippen LogP contribution in [0, 0.1) is 0 Å². The van der Waals surface area contributed by atoms with Crippen LogP contribution < -0.4 is 20.5 Å². The van der Waals surface area contributed by atoms with Crippen LogP contribution in [0.4, 0.5) is 0 Å². The van der Waals surface area contributed by atoms with Crippen LogP contribution in [-0.4, -0.2) is 32.4 Å². The SMILES string of the molecule is CC1=C(C(=O)NC=O)C(CCN)=C2C=CC3=C(OCO3)C(=C1c1ccc3c(c1)OCO3)C2. The molecule has 2 amide bonds. The van der Waals surface area contributed by atoms with Gasteiger partial charge in [0.1, 0.15) is 0 Å². The molecule has 2 bridgehead atoms. The van der Waals surface area contributed by atoms with Crippen LogP contribution in [0.15, 0.2) is 69.7 Å². The number of benzene rings is 1. The summed E-state index contributed by atoms with van der Waals surface area (Å²) >= 11 is 0. The summed E-state index contributed by atoms with van der Waals surface area (Å²) in [7, 11) is 0. The number of fused-ring (bicyclic) bond motifs is 4. The molecule has 5 rings (SSSR count). The lowest BCUT2D eigenvalue weighted by Crippen LogP contribution is -2.26. The Morgan fingerprint density at radius 2 is 1.94 bits per heavy atom. The van der Waals surface area contributed by atoms with E-state index in [-0.39, 0.29) is 13.6 Å². The van der Waals surface area contributed by atoms with Crippen LogP contribution >= 0.6 is 0 Å². The van der Waals surface area contributed by atoms with Crippen LogP contribution in [0.3, 0.4) is 0 Å². The number of carbonyl (C=O) groups excluding carboxylic acids is 2. The fourth-order valence-electron chi connectivity index (χ4n) is 4.61. The van der Waals surface area contributed by atoms with Crippen molar-refractivity contribution in [3.05, 3.63) is 75.3 Å². The Labute approximate surface area is 184 Å². The van der Waals surface area contributed by atoms with Gasteiger partial charge in [-0.2, -0.15) is 0 Å². The molecule has 8 heteroatoms. The molecule has 8 nitrogen and oxygen atoms in total. The van der Waals surface area contributed by atoms with Gasteiger partial charge in [0.05, 0.1) is 0 Å². The highest BCUT2D eigenvalue weighted by Crippen LogP contribution is 2.47. The highest BCUT2D eigenvalue weighted by molar-refractivity contribution is 6.07. The Morgan fingerprint density at radius 1 is 1.12 bits per heavy atom. The molecule has 2 heterocycles. The van der Waals surface area contributed by atoms with Gasteiger partial charge in [-0.25, -0.2) is 0 Å². The second-order valence-corrected chi connectivity index (χ2v) is 7.67. The quantitative estimate of drug-likeness (QED) is 0.686. The highest BCUT2D eigenvalue weighted by atomic mass is 16.7. The number of carbonyl (C=O) groups is 2. The maximum Gasteiger partial charge on any atom is 0.258 e. The van der Waals surface area contributed by atoms with E-state index in [1.807, 2.05) is 37.3 Å². The summed E-state index contributed by atoms with van der Waals surface area (Å²) in [6.45, 7) is 2.52. The third kappa shape index (κ3) is 3.20. The first-order valence-corrected chi connectivity index (χ1v) is 10.3. The molecule has 0 unspecified atom stereocenters. The Kier molecular flexibility index (Phi) is 5.07. The molecule has 4 aliphatic rings. The van der Waals surface area contributed by atoms with Gasteiger partial charge in [-0.3, -0.25) is 14.9 Å². The molecule has 0 fully saturated rings. The number of hydrogen-bond acceptors (Lipinski definition) is 7. The summed E-state index contributed by atoms with van der Waals surface area (Å²) in [6, 6.07) is 5.67. The van der Waals surface area contributed by atoms with Crippen molar-refractivity contribution in [3.8, 4) is 11.5 Å². The third-order valence-corrected chi connectivity index (χ3v) is 5.93. The standard InChI is InChI=1S/C24H22N2O6/c1-13-21(15-3-4-18-20(9-15)31-11-29-18)17-8-14(2-5-19-23(17)32-12-30-19)16(6-7-25)22(13)24(28)26-10-27/h2-5,9-10H,6-8,11-12,25H2,1H3,(H,26,27,28). The summed E-state index contributed by atoms with van der Waals surface area (Å²) in [4.78, 5) is 24.2. The van der Waals surface area contributed by atoms with Gasteiger partial charge in [-0.1, -0.05) is 12.1 Å². The van der Waals surface area contributed by atoms with E-state index in [1.165, 1.54) is 0 Å². The van der Waals surface area contributed by atoms with E-state index in [9.17, 15) is 9.59 Å². The second kappa shape index (κ2) is 8.05. The predicted molar refractivity (Wildman–Crippen MR) is 115 cm³/mol. The molecule has 3 N–H and O–H groups in total. The van der Waals surface area contributed by atoms with Crippen LogP contribution in [0.5, 0.6) is 11.5 Å². The summed E-state index contributed by atoms with van der Waals surface area (Å²) in [6.07, 6.45) is 5.19. The molecule has 0 aromatic heterocycles. The second-order valence-electron chi connectivity index (χ2n) is 7.67. The lowest BCUT2D eigenvalue weighted by atomic mass is 9.88. The zero-order chi connectivity index (χ0) is 22.2. The summed E-state index contributed by atoms with van der Waals surface area (Å²) in [5.41, 5.74) is 11.4. The molecule has 0 spiro atoms. The van der Waals surface area contributed by atoms with Gasteiger partial charge in [0.2, 0.25) is 20.0 Å². The Morgan fingerprint density at radius 3 is 2.75 bits per heavy atom. The number of amides is 2. The zero-order valence-electron chi connectivity index (χ0n) is 17.5. The lowest BCUT2D eigenvalue weighted by molar-refractivity contribution is -0.122. The highest BCUT2D eigenvalue weighted by Gasteiger charge is 2.33. The fraction of sp³-hybridized carbons (Fsp3) is 0.250. The average Bonchev–Trinajstić information content (AvgIpc) is 3.39. The molecule has 0 atom stereocenters. The summed E-state index contributed by atoms with van der Waals surface area (Å²) in [5, 5.41) is 2.31. The van der Waals surface area contributed by atoms with Gasteiger partial charge in [-0.05, 0) is 66.0 Å². The number of allylic oxidation sites excluding steroid dienone is 6. The van der Waals surface area contributed by atoms with Crippen LogP contribution in [-0.2, 0) is 19.1 Å². The van der Waals surface area contributed by atoms with Gasteiger partial charge in [-0.15, -0.1) is 0 Å². The van der Waals surface area contributed by atoms with E-state index in [0.29, 0.717) is 60.0 Å². The van der Waals surface area contributed by atoms with Gasteiger partial charge in [0.15, 0.2) is 23.0 Å². The monoisotopic (exact) mass is 434 g/mol. The number of rotatable bonds is 5. The van der Waals surface area contributed by atoms with E-state index < -0.39 is 5.91 Å². The Bertz CT molecular complexity index is 1180. The maximum absolute atomic E-state index is 13.1. The molecule has 0 saturated heterocycles. The minimum absolute atomic E-state index is 0.128. The molecule has 32 heavy (non-hydrogen) atoms. The van der Waals surface area contributed by atoms with Crippen LogP contribution in [0.2, 0.25) is 0 Å². The molecule has 0 saturated carbocycles. The van der Waals surface area contributed by atoms with Crippen molar-refractivity contribution < 1.29 is 28.5 Å². The number of nitrogens with two attached hydrogens (primary N) is 1. The van der Waals surface area contributed by atoms with Gasteiger partial charge in [0, 0.05) is 17.6 Å². The number of hydrogen-bond donors (Lipinski definition) is 2. The molecule has 0 radical (unpaired) electrons. The van der Waals surface area contributed by atoms with Gasteiger partial charge < -0.3 is 24.7 Å². The molecule has 2 aliphatic heterocycles. The molecule has 164 valence electrons. The first kappa shape index (κ1) is 20.1. The molecular formula is C24H22N2O6. The average molecular weight is 434 g/mol. The minimum atomic E-state index is -0.468. The largest absolute Gasteiger partial charge is 0.454 e. The van der Waals surface area contributed by atoms with Gasteiger partial charge in [0.25, 0.3) is 5.91 Å². The van der Waals surface area contributed by atoms with Crippen molar-refractivity contribution in [2.45, 2.75) is 19.8 Å². The van der Waals surface area contributed by atoms with Crippen molar-refractivity contribution in [3.63, 3.8) is 0 Å². The van der Waals surface area contributed by atoms with Gasteiger partial charge >= 0.3 is 0 Å². The lowest BCUT2D eigenvalue weighted by Gasteiger charge is -2.18. The normalized spacial score (nSPS) is 18.8. The first-order valence-electron chi connectivity index (χ1n) is 10.3. The minimum Gasteiger partial charge on any atom is -0.454 e. The van der Waals surface area contributed by atoms with Crippen LogP contribution in [0.25, 0.3) is 5.57 Å². The number of ether oxygens (including phenoxy) is 4. The fourth-order valence-corrected chi connectivity index (χ4v) is 4.61. The smallest absolute Gasteiger partial charge is 0.258 e. The van der Waals surface area contributed by atoms with Crippen molar-refractivity contribution in [2.75, 3.05) is 20.1 Å². The maximum atomic E-state index is 13.1. The first-order chi connectivity index (χ1) is 15.6. The topological polar surface area (TPSA) is 109 Å². The van der Waals surface area contributed by atoms with Crippen LogP contribution in [0.1, 0.15) is 25.3 Å². The Hall–Kier alpha value is -3.78. The third-order valence-electron chi connectivity index (χ3n) is 5.93. The van der Waals surface area contributed by atoms with E-state index in [2.05, 4.69) is 5.32 Å². The van der Waals surface area contributed by atoms with E-state index in [4.69, 9.17) is 24.7 Å². The molecule has 1 aromatic rings. The predicted octanol–water partition coefficient (Wildman–Crippen LogP) is 2.59. The van der Waals surface area contributed by atoms with Crippen molar-refractivity contribution in [1.82, 2.24) is 5.32 Å². The molecule has 2 aliphatic carbocycles. The van der Waals surface area contributed by atoms with Crippen molar-refractivity contribution >= 4 is 17.9 Å². The Balaban J connectivity index is 1.81. The molecular weight excluding hydrogens is 412 g/mol. The summed E-state index contributed by atoms with van der Waals surface area (Å²) < 4.78 is 22.6. The van der Waals surface area contributed by atoms with E-state index in [1.54, 1.807) is 0 Å². The number of imide groups is 1. The van der Waals surface area contributed by atoms with Crippen molar-refractivity contribution in [1.29, 1.82) is 0 Å². The van der Waals surface area contributed by atoms with Crippen molar-refractivity contribution in [2.24, 2.45) is 5.73 Å². The van der Waals surface area contributed by atoms with E-state index in [0.717, 1.165) is 27.9 Å². The molecule has 1 aromatic carbocycles.